The number of likely N-dealkylation sites (N-methyl/N-ethyl adjacent to an activating group) is 1. The van der Waals surface area contributed by atoms with Crippen LogP contribution in [-0.2, 0) is 16.3 Å². The van der Waals surface area contributed by atoms with E-state index in [1.807, 2.05) is 6.92 Å². The van der Waals surface area contributed by atoms with Gasteiger partial charge in [-0.3, -0.25) is 0 Å². The van der Waals surface area contributed by atoms with Gasteiger partial charge in [-0.2, -0.15) is 0 Å². The Kier molecular flexibility index (Phi) is 5.63. The molecule has 118 valence electrons. The molecule has 0 saturated carbocycles. The van der Waals surface area contributed by atoms with Gasteiger partial charge in [0, 0.05) is 11.1 Å². The summed E-state index contributed by atoms with van der Waals surface area (Å²) >= 11 is 5.76. The van der Waals surface area contributed by atoms with Crippen molar-refractivity contribution in [2.75, 3.05) is 18.1 Å². The van der Waals surface area contributed by atoms with E-state index < -0.39 is 9.84 Å². The Morgan fingerprint density at radius 3 is 2.81 bits per heavy atom. The van der Waals surface area contributed by atoms with Crippen molar-refractivity contribution in [3.8, 4) is 0 Å². The standard InChI is InChI=1S/C15H21ClFNO2S/c1-2-18-14(7-11-5-6-21(19,20)10-11)8-12-3-4-13(16)9-15(12)17/h3-4,9,11,14,18H,2,5-8,10H2,1H3. The number of hydrogen-bond acceptors (Lipinski definition) is 3. The normalized spacial score (nSPS) is 22.3. The van der Waals surface area contributed by atoms with E-state index in [2.05, 4.69) is 5.32 Å². The molecule has 1 aromatic carbocycles. The summed E-state index contributed by atoms with van der Waals surface area (Å²) in [7, 11) is -2.86. The van der Waals surface area contributed by atoms with Crippen LogP contribution >= 0.6 is 11.6 Å². The van der Waals surface area contributed by atoms with Gasteiger partial charge in [0.1, 0.15) is 5.82 Å². The summed E-state index contributed by atoms with van der Waals surface area (Å²) in [5.41, 5.74) is 0.617. The lowest BCUT2D eigenvalue weighted by atomic mass is 9.94. The first kappa shape index (κ1) is 16.7. The highest BCUT2D eigenvalue weighted by molar-refractivity contribution is 7.91. The van der Waals surface area contributed by atoms with E-state index in [4.69, 9.17) is 11.6 Å². The van der Waals surface area contributed by atoms with Gasteiger partial charge in [-0.15, -0.1) is 0 Å². The smallest absolute Gasteiger partial charge is 0.150 e. The third-order valence-electron chi connectivity index (χ3n) is 3.92. The Bertz CT molecular complexity index is 591. The fourth-order valence-electron chi connectivity index (χ4n) is 2.94. The Labute approximate surface area is 130 Å². The first-order valence-corrected chi connectivity index (χ1v) is 9.47. The van der Waals surface area contributed by atoms with Crippen molar-refractivity contribution in [3.05, 3.63) is 34.6 Å². The molecular formula is C15H21ClFNO2S. The molecule has 2 rings (SSSR count). The lowest BCUT2D eigenvalue weighted by Crippen LogP contribution is -2.33. The maximum absolute atomic E-state index is 13.9. The van der Waals surface area contributed by atoms with Gasteiger partial charge in [0.05, 0.1) is 11.5 Å². The highest BCUT2D eigenvalue weighted by Crippen LogP contribution is 2.25. The number of halogens is 2. The molecule has 1 aromatic rings. The van der Waals surface area contributed by atoms with E-state index in [9.17, 15) is 12.8 Å². The van der Waals surface area contributed by atoms with Crippen LogP contribution in [0.15, 0.2) is 18.2 Å². The van der Waals surface area contributed by atoms with Crippen molar-refractivity contribution in [2.45, 2.75) is 32.2 Å². The van der Waals surface area contributed by atoms with Crippen LogP contribution in [0.1, 0.15) is 25.3 Å². The quantitative estimate of drug-likeness (QED) is 0.870. The summed E-state index contributed by atoms with van der Waals surface area (Å²) in [6.45, 7) is 2.77. The van der Waals surface area contributed by atoms with Gasteiger partial charge >= 0.3 is 0 Å². The van der Waals surface area contributed by atoms with Gasteiger partial charge in [-0.1, -0.05) is 24.6 Å². The monoisotopic (exact) mass is 333 g/mol. The first-order valence-electron chi connectivity index (χ1n) is 7.27. The minimum Gasteiger partial charge on any atom is -0.314 e. The SMILES string of the molecule is CCNC(Cc1ccc(Cl)cc1F)CC1CCS(=O)(=O)C1. The molecule has 0 aromatic heterocycles. The third kappa shape index (κ3) is 4.94. The van der Waals surface area contributed by atoms with Crippen LogP contribution in [-0.4, -0.2) is 32.5 Å². The van der Waals surface area contributed by atoms with Gasteiger partial charge in [0.2, 0.25) is 0 Å². The van der Waals surface area contributed by atoms with Crippen LogP contribution in [0.3, 0.4) is 0 Å². The summed E-state index contributed by atoms with van der Waals surface area (Å²) < 4.78 is 36.9. The molecule has 1 aliphatic heterocycles. The molecule has 0 aliphatic carbocycles. The van der Waals surface area contributed by atoms with E-state index >= 15 is 0 Å². The van der Waals surface area contributed by atoms with Crippen molar-refractivity contribution in [1.29, 1.82) is 0 Å². The molecule has 2 unspecified atom stereocenters. The van der Waals surface area contributed by atoms with Crippen molar-refractivity contribution in [3.63, 3.8) is 0 Å². The molecule has 0 spiro atoms. The Hall–Kier alpha value is -0.650. The molecule has 1 aliphatic rings. The van der Waals surface area contributed by atoms with Gasteiger partial charge in [0.15, 0.2) is 9.84 Å². The lowest BCUT2D eigenvalue weighted by molar-refractivity contribution is 0.405. The molecule has 1 heterocycles. The van der Waals surface area contributed by atoms with E-state index in [0.29, 0.717) is 23.4 Å². The summed E-state index contributed by atoms with van der Waals surface area (Å²) in [5, 5.41) is 3.72. The number of nitrogens with one attached hydrogen (secondary N) is 1. The van der Waals surface area contributed by atoms with Crippen LogP contribution in [0.2, 0.25) is 5.02 Å². The molecule has 6 heteroatoms. The summed E-state index contributed by atoms with van der Waals surface area (Å²) in [6, 6.07) is 4.79. The van der Waals surface area contributed by atoms with E-state index in [-0.39, 0.29) is 29.3 Å². The van der Waals surface area contributed by atoms with E-state index in [1.54, 1.807) is 12.1 Å². The van der Waals surface area contributed by atoms with Crippen molar-refractivity contribution < 1.29 is 12.8 Å². The molecule has 1 saturated heterocycles. The lowest BCUT2D eigenvalue weighted by Gasteiger charge is -2.21. The van der Waals surface area contributed by atoms with Gasteiger partial charge in [0.25, 0.3) is 0 Å². The number of rotatable bonds is 6. The minimum absolute atomic E-state index is 0.0870. The second kappa shape index (κ2) is 7.07. The highest BCUT2D eigenvalue weighted by atomic mass is 35.5. The molecule has 3 nitrogen and oxygen atoms in total. The Balaban J connectivity index is 2.02. The van der Waals surface area contributed by atoms with Crippen LogP contribution in [0.5, 0.6) is 0 Å². The zero-order valence-corrected chi connectivity index (χ0v) is 13.7. The van der Waals surface area contributed by atoms with Crippen molar-refractivity contribution in [1.82, 2.24) is 5.32 Å². The average molecular weight is 334 g/mol. The fraction of sp³-hybridized carbons (Fsp3) is 0.600. The molecule has 0 bridgehead atoms. The maximum atomic E-state index is 13.9. The summed E-state index contributed by atoms with van der Waals surface area (Å²) in [6.07, 6.45) is 2.02. The van der Waals surface area contributed by atoms with Gasteiger partial charge in [-0.05, 0) is 49.4 Å². The Morgan fingerprint density at radius 1 is 1.48 bits per heavy atom. The van der Waals surface area contributed by atoms with E-state index in [1.165, 1.54) is 6.07 Å². The average Bonchev–Trinajstić information content (AvgIpc) is 2.72. The van der Waals surface area contributed by atoms with Crippen LogP contribution in [0.25, 0.3) is 0 Å². The molecule has 1 N–H and O–H groups in total. The predicted molar refractivity (Wildman–Crippen MR) is 84.0 cm³/mol. The topological polar surface area (TPSA) is 46.2 Å². The minimum atomic E-state index is -2.86. The molecule has 1 fully saturated rings. The largest absolute Gasteiger partial charge is 0.314 e. The number of benzene rings is 1. The molecule has 21 heavy (non-hydrogen) atoms. The first-order chi connectivity index (χ1) is 9.89. The number of sulfone groups is 1. The van der Waals surface area contributed by atoms with Gasteiger partial charge < -0.3 is 5.32 Å². The third-order valence-corrected chi connectivity index (χ3v) is 5.99. The summed E-state index contributed by atoms with van der Waals surface area (Å²) in [5.74, 6) is 0.419. The number of hydrogen-bond donors (Lipinski definition) is 1. The fourth-order valence-corrected chi connectivity index (χ4v) is 4.98. The zero-order chi connectivity index (χ0) is 15.5. The van der Waals surface area contributed by atoms with Crippen molar-refractivity contribution >= 4 is 21.4 Å². The second-order valence-corrected chi connectivity index (χ2v) is 8.36. The maximum Gasteiger partial charge on any atom is 0.150 e. The van der Waals surface area contributed by atoms with Crippen LogP contribution in [0, 0.1) is 11.7 Å². The molecule has 0 amide bonds. The second-order valence-electron chi connectivity index (χ2n) is 5.70. The molecular weight excluding hydrogens is 313 g/mol. The van der Waals surface area contributed by atoms with Crippen molar-refractivity contribution in [2.24, 2.45) is 5.92 Å². The zero-order valence-electron chi connectivity index (χ0n) is 12.1. The van der Waals surface area contributed by atoms with E-state index in [0.717, 1.165) is 13.0 Å². The summed E-state index contributed by atoms with van der Waals surface area (Å²) in [4.78, 5) is 0. The molecule has 2 atom stereocenters. The van der Waals surface area contributed by atoms with Crippen LogP contribution < -0.4 is 5.32 Å². The predicted octanol–water partition coefficient (Wildman–Crippen LogP) is 2.82. The van der Waals surface area contributed by atoms with Crippen LogP contribution in [0.4, 0.5) is 4.39 Å². The van der Waals surface area contributed by atoms with Gasteiger partial charge in [-0.25, -0.2) is 12.8 Å². The molecule has 0 radical (unpaired) electrons. The Morgan fingerprint density at radius 2 is 2.24 bits per heavy atom. The highest BCUT2D eigenvalue weighted by Gasteiger charge is 2.29.